The highest BCUT2D eigenvalue weighted by molar-refractivity contribution is 9.10. The van der Waals surface area contributed by atoms with Crippen LogP contribution in [0.5, 0.6) is 5.75 Å². The van der Waals surface area contributed by atoms with Gasteiger partial charge in [0.15, 0.2) is 11.6 Å². The zero-order chi connectivity index (χ0) is 14.0. The maximum Gasteiger partial charge on any atom is 0.201 e. The zero-order valence-electron chi connectivity index (χ0n) is 10.6. The summed E-state index contributed by atoms with van der Waals surface area (Å²) in [6.07, 6.45) is 0. The third-order valence-electron chi connectivity index (χ3n) is 3.02. The molecular formula is C15H13BrF2O. The lowest BCUT2D eigenvalue weighted by atomic mass is 10.0. The van der Waals surface area contributed by atoms with Crippen molar-refractivity contribution >= 4 is 15.9 Å². The molecule has 0 fully saturated rings. The molecule has 0 atom stereocenters. The van der Waals surface area contributed by atoms with Gasteiger partial charge in [-0.05, 0) is 58.6 Å². The van der Waals surface area contributed by atoms with E-state index in [9.17, 15) is 8.78 Å². The molecule has 100 valence electrons. The summed E-state index contributed by atoms with van der Waals surface area (Å²) < 4.78 is 32.5. The summed E-state index contributed by atoms with van der Waals surface area (Å²) in [4.78, 5) is 0. The molecule has 0 aliphatic heterocycles. The Hall–Kier alpha value is -1.42. The van der Waals surface area contributed by atoms with E-state index in [0.717, 1.165) is 16.7 Å². The largest absolute Gasteiger partial charge is 0.486 e. The molecule has 2 aromatic rings. The van der Waals surface area contributed by atoms with Crippen LogP contribution in [0.4, 0.5) is 8.78 Å². The van der Waals surface area contributed by atoms with Crippen LogP contribution in [-0.4, -0.2) is 0 Å². The van der Waals surface area contributed by atoms with Gasteiger partial charge in [0.05, 0.1) is 4.47 Å². The smallest absolute Gasteiger partial charge is 0.201 e. The van der Waals surface area contributed by atoms with Gasteiger partial charge in [0.25, 0.3) is 0 Å². The normalized spacial score (nSPS) is 10.6. The number of ether oxygens (including phenoxy) is 1. The van der Waals surface area contributed by atoms with Gasteiger partial charge < -0.3 is 4.74 Å². The van der Waals surface area contributed by atoms with Crippen molar-refractivity contribution < 1.29 is 13.5 Å². The highest BCUT2D eigenvalue weighted by Crippen LogP contribution is 2.27. The van der Waals surface area contributed by atoms with Gasteiger partial charge >= 0.3 is 0 Å². The van der Waals surface area contributed by atoms with Gasteiger partial charge in [-0.3, -0.25) is 0 Å². The highest BCUT2D eigenvalue weighted by atomic mass is 79.9. The molecule has 0 radical (unpaired) electrons. The molecule has 0 amide bonds. The minimum absolute atomic E-state index is 0.0802. The maximum atomic E-state index is 13.6. The van der Waals surface area contributed by atoms with Crippen LogP contribution >= 0.6 is 15.9 Å². The fourth-order valence-corrected chi connectivity index (χ4v) is 2.15. The number of benzene rings is 2. The Morgan fingerprint density at radius 2 is 1.63 bits per heavy atom. The molecule has 1 nitrogen and oxygen atoms in total. The predicted molar refractivity (Wildman–Crippen MR) is 74.3 cm³/mol. The second-order valence-electron chi connectivity index (χ2n) is 4.33. The van der Waals surface area contributed by atoms with Crippen molar-refractivity contribution in [2.45, 2.75) is 20.5 Å². The van der Waals surface area contributed by atoms with Crippen LogP contribution in [0.2, 0.25) is 0 Å². The van der Waals surface area contributed by atoms with E-state index in [4.69, 9.17) is 4.74 Å². The van der Waals surface area contributed by atoms with Crippen molar-refractivity contribution in [1.82, 2.24) is 0 Å². The van der Waals surface area contributed by atoms with Gasteiger partial charge in [0.1, 0.15) is 6.61 Å². The topological polar surface area (TPSA) is 9.23 Å². The lowest BCUT2D eigenvalue weighted by Crippen LogP contribution is -2.02. The second kappa shape index (κ2) is 5.70. The minimum atomic E-state index is -0.972. The van der Waals surface area contributed by atoms with Crippen LogP contribution in [0.3, 0.4) is 0 Å². The van der Waals surface area contributed by atoms with Crippen LogP contribution in [0, 0.1) is 25.5 Å². The molecule has 2 aromatic carbocycles. The van der Waals surface area contributed by atoms with Crippen molar-refractivity contribution in [3.63, 3.8) is 0 Å². The molecule has 0 unspecified atom stereocenters. The molecule has 4 heteroatoms. The molecule has 0 saturated carbocycles. The summed E-state index contributed by atoms with van der Waals surface area (Å²) in [5.74, 6) is -1.98. The van der Waals surface area contributed by atoms with Crippen LogP contribution in [0.25, 0.3) is 0 Å². The van der Waals surface area contributed by atoms with E-state index >= 15 is 0 Å². The van der Waals surface area contributed by atoms with Crippen LogP contribution in [0.1, 0.15) is 16.7 Å². The van der Waals surface area contributed by atoms with Gasteiger partial charge in [-0.1, -0.05) is 18.2 Å². The quantitative estimate of drug-likeness (QED) is 0.727. The average Bonchev–Trinajstić information content (AvgIpc) is 2.38. The standard InChI is InChI=1S/C15H13BrF2O/c1-9-4-3-5-10(2)11(9)8-19-13-7-6-12(16)14(17)15(13)18/h3-7H,8H2,1-2H3. The van der Waals surface area contributed by atoms with Crippen molar-refractivity contribution in [3.8, 4) is 5.75 Å². The van der Waals surface area contributed by atoms with Crippen molar-refractivity contribution in [1.29, 1.82) is 0 Å². The lowest BCUT2D eigenvalue weighted by molar-refractivity contribution is 0.283. The minimum Gasteiger partial charge on any atom is -0.486 e. The number of hydrogen-bond acceptors (Lipinski definition) is 1. The Kier molecular flexibility index (Phi) is 4.20. The molecule has 0 aliphatic carbocycles. The van der Waals surface area contributed by atoms with E-state index in [1.54, 1.807) is 0 Å². The first kappa shape index (κ1) is 14.0. The van der Waals surface area contributed by atoms with Gasteiger partial charge in [-0.25, -0.2) is 4.39 Å². The average molecular weight is 327 g/mol. The van der Waals surface area contributed by atoms with E-state index < -0.39 is 11.6 Å². The summed E-state index contributed by atoms with van der Waals surface area (Å²) >= 11 is 2.93. The van der Waals surface area contributed by atoms with Crippen LogP contribution < -0.4 is 4.74 Å². The predicted octanol–water partition coefficient (Wildman–Crippen LogP) is 4.92. The first-order valence-electron chi connectivity index (χ1n) is 5.82. The van der Waals surface area contributed by atoms with Gasteiger partial charge in [-0.2, -0.15) is 4.39 Å². The molecule has 0 bridgehead atoms. The summed E-state index contributed by atoms with van der Waals surface area (Å²) in [6, 6.07) is 8.72. The van der Waals surface area contributed by atoms with Crippen molar-refractivity contribution in [2.75, 3.05) is 0 Å². The van der Waals surface area contributed by atoms with Gasteiger partial charge in [0.2, 0.25) is 5.82 Å². The van der Waals surface area contributed by atoms with Crippen molar-refractivity contribution in [3.05, 3.63) is 63.1 Å². The third kappa shape index (κ3) is 2.95. The van der Waals surface area contributed by atoms with Crippen LogP contribution in [0.15, 0.2) is 34.8 Å². The zero-order valence-corrected chi connectivity index (χ0v) is 12.2. The molecule has 0 aromatic heterocycles. The molecule has 0 aliphatic rings. The third-order valence-corrected chi connectivity index (χ3v) is 3.63. The highest BCUT2D eigenvalue weighted by Gasteiger charge is 2.13. The molecule has 19 heavy (non-hydrogen) atoms. The maximum absolute atomic E-state index is 13.6. The molecular weight excluding hydrogens is 314 g/mol. The number of halogens is 3. The molecule has 0 N–H and O–H groups in total. The second-order valence-corrected chi connectivity index (χ2v) is 5.19. The van der Waals surface area contributed by atoms with Crippen LogP contribution in [-0.2, 0) is 6.61 Å². The number of rotatable bonds is 3. The Balaban J connectivity index is 2.22. The summed E-state index contributed by atoms with van der Waals surface area (Å²) in [5, 5.41) is 0. The fraction of sp³-hybridized carbons (Fsp3) is 0.200. The van der Waals surface area contributed by atoms with E-state index in [2.05, 4.69) is 15.9 Å². The first-order chi connectivity index (χ1) is 9.00. The molecule has 0 heterocycles. The number of hydrogen-bond donors (Lipinski definition) is 0. The lowest BCUT2D eigenvalue weighted by Gasteiger charge is -2.12. The Bertz CT molecular complexity index is 591. The SMILES string of the molecule is Cc1cccc(C)c1COc1ccc(Br)c(F)c1F. The summed E-state index contributed by atoms with van der Waals surface area (Å²) in [6.45, 7) is 4.14. The summed E-state index contributed by atoms with van der Waals surface area (Å²) in [7, 11) is 0. The first-order valence-corrected chi connectivity index (χ1v) is 6.61. The van der Waals surface area contributed by atoms with E-state index in [1.165, 1.54) is 12.1 Å². The fourth-order valence-electron chi connectivity index (χ4n) is 1.85. The monoisotopic (exact) mass is 326 g/mol. The molecule has 2 rings (SSSR count). The van der Waals surface area contributed by atoms with Crippen molar-refractivity contribution in [2.24, 2.45) is 0 Å². The Labute approximate surface area is 119 Å². The van der Waals surface area contributed by atoms with Gasteiger partial charge in [-0.15, -0.1) is 0 Å². The van der Waals surface area contributed by atoms with E-state index in [1.807, 2.05) is 32.0 Å². The van der Waals surface area contributed by atoms with E-state index in [-0.39, 0.29) is 16.8 Å². The van der Waals surface area contributed by atoms with E-state index in [0.29, 0.717) is 0 Å². The molecule has 0 saturated heterocycles. The van der Waals surface area contributed by atoms with Gasteiger partial charge in [0, 0.05) is 0 Å². The Morgan fingerprint density at radius 1 is 1.00 bits per heavy atom. The number of aryl methyl sites for hydroxylation is 2. The summed E-state index contributed by atoms with van der Waals surface area (Å²) in [5.41, 5.74) is 3.13. The molecule has 0 spiro atoms. The Morgan fingerprint density at radius 3 is 2.26 bits per heavy atom.